The number of nitrogens with zero attached hydrogens (tertiary/aromatic N) is 2. The Bertz CT molecular complexity index is 1930. The van der Waals surface area contributed by atoms with Crippen LogP contribution in [0.25, 0.3) is 21.3 Å². The number of aryl methyl sites for hydroxylation is 1. The zero-order chi connectivity index (χ0) is 35.5. The average molecular weight is 699 g/mol. The molecule has 3 aromatic carbocycles. The Morgan fingerprint density at radius 3 is 2.52 bits per heavy atom. The number of ether oxygens (including phenoxy) is 3. The molecule has 4 atom stereocenters. The maximum Gasteiger partial charge on any atom is 0.245 e. The minimum absolute atomic E-state index is 0.0161. The first kappa shape index (κ1) is 35.2. The topological polar surface area (TPSA) is 119 Å². The van der Waals surface area contributed by atoms with Crippen molar-refractivity contribution in [3.63, 3.8) is 0 Å². The molecule has 0 saturated carbocycles. The van der Waals surface area contributed by atoms with Gasteiger partial charge in [0, 0.05) is 31.5 Å². The van der Waals surface area contributed by atoms with Crippen LogP contribution in [0.5, 0.6) is 17.2 Å². The third kappa shape index (κ3) is 6.88. The van der Waals surface area contributed by atoms with Crippen LogP contribution in [0.1, 0.15) is 74.5 Å². The van der Waals surface area contributed by atoms with Crippen molar-refractivity contribution >= 4 is 39.1 Å². The lowest BCUT2D eigenvalue weighted by molar-refractivity contribution is -0.134. The highest BCUT2D eigenvalue weighted by Gasteiger charge is 2.34. The molecule has 2 aliphatic rings. The normalized spacial score (nSPS) is 18.2. The molecule has 2 amide bonds. The number of hydrogen-bond donors (Lipinski definition) is 2. The number of fused-ring (bicyclic) bond motifs is 4. The van der Waals surface area contributed by atoms with Gasteiger partial charge in [-0.1, -0.05) is 38.5 Å². The maximum atomic E-state index is 14.3. The summed E-state index contributed by atoms with van der Waals surface area (Å²) in [5.41, 5.74) is 4.17. The van der Waals surface area contributed by atoms with Gasteiger partial charge in [-0.05, 0) is 78.6 Å². The van der Waals surface area contributed by atoms with Gasteiger partial charge in [-0.3, -0.25) is 14.4 Å². The monoisotopic (exact) mass is 698 g/mol. The second kappa shape index (κ2) is 15.1. The van der Waals surface area contributed by atoms with Crippen LogP contribution in [0.4, 0.5) is 5.69 Å². The Labute approximate surface area is 297 Å². The number of likely N-dealkylation sites (tertiary alicyclic amines) is 1. The van der Waals surface area contributed by atoms with Gasteiger partial charge >= 0.3 is 0 Å². The van der Waals surface area contributed by atoms with Crippen LogP contribution >= 0.6 is 11.3 Å². The van der Waals surface area contributed by atoms with Crippen molar-refractivity contribution in [2.75, 3.05) is 39.7 Å². The number of thiazole rings is 1. The van der Waals surface area contributed by atoms with Gasteiger partial charge < -0.3 is 29.7 Å². The maximum absolute atomic E-state index is 14.3. The highest BCUT2D eigenvalue weighted by Crippen LogP contribution is 2.50. The van der Waals surface area contributed by atoms with Gasteiger partial charge in [0.05, 0.1) is 48.3 Å². The minimum Gasteiger partial charge on any atom is -0.493 e. The fourth-order valence-electron chi connectivity index (χ4n) is 7.32. The number of para-hydroxylation sites is 1. The van der Waals surface area contributed by atoms with Crippen LogP contribution in [0.3, 0.4) is 0 Å². The summed E-state index contributed by atoms with van der Waals surface area (Å²) in [6.07, 6.45) is 3.78. The van der Waals surface area contributed by atoms with Crippen LogP contribution < -0.4 is 30.3 Å². The SMILES string of the molecule is CCC(C)C(Nc1ccc2c(cc1=O)C(NC(C)=O)CCc1cc(OC)c(OC)c(OC)c1-2)C(=O)N1CCCC(c2nc3ccccc3s2)C1. The lowest BCUT2D eigenvalue weighted by Gasteiger charge is -2.36. The zero-order valence-corrected chi connectivity index (χ0v) is 30.4. The van der Waals surface area contributed by atoms with E-state index in [1.807, 2.05) is 42.2 Å². The molecule has 2 N–H and O–H groups in total. The summed E-state index contributed by atoms with van der Waals surface area (Å²) >= 11 is 1.70. The van der Waals surface area contributed by atoms with E-state index in [4.69, 9.17) is 19.2 Å². The first-order chi connectivity index (χ1) is 24.2. The number of carbonyl (C=O) groups excluding carboxylic acids is 2. The molecule has 0 radical (unpaired) electrons. The Morgan fingerprint density at radius 1 is 1.04 bits per heavy atom. The molecular weight excluding hydrogens is 653 g/mol. The predicted molar refractivity (Wildman–Crippen MR) is 198 cm³/mol. The van der Waals surface area contributed by atoms with E-state index in [0.29, 0.717) is 54.4 Å². The number of rotatable bonds is 10. The van der Waals surface area contributed by atoms with Crippen molar-refractivity contribution < 1.29 is 23.8 Å². The summed E-state index contributed by atoms with van der Waals surface area (Å²) in [7, 11) is 4.71. The van der Waals surface area contributed by atoms with Crippen molar-refractivity contribution in [2.45, 2.75) is 70.9 Å². The number of benzene rings is 2. The molecule has 0 spiro atoms. The Morgan fingerprint density at radius 2 is 1.82 bits per heavy atom. The number of anilines is 1. The van der Waals surface area contributed by atoms with E-state index in [2.05, 4.69) is 23.6 Å². The molecule has 10 nitrogen and oxygen atoms in total. The summed E-state index contributed by atoms with van der Waals surface area (Å²) in [4.78, 5) is 47.7. The quantitative estimate of drug-likeness (QED) is 0.188. The highest BCUT2D eigenvalue weighted by molar-refractivity contribution is 7.18. The number of piperidine rings is 1. The molecule has 2 heterocycles. The van der Waals surface area contributed by atoms with Gasteiger partial charge in [-0.25, -0.2) is 4.98 Å². The van der Waals surface area contributed by atoms with Gasteiger partial charge in [0.1, 0.15) is 6.04 Å². The zero-order valence-electron chi connectivity index (χ0n) is 29.6. The molecule has 6 rings (SSSR count). The number of nitrogens with one attached hydrogen (secondary N) is 2. The first-order valence-electron chi connectivity index (χ1n) is 17.4. The minimum atomic E-state index is -0.610. The summed E-state index contributed by atoms with van der Waals surface area (Å²) in [5, 5.41) is 7.52. The second-order valence-corrected chi connectivity index (χ2v) is 14.3. The molecule has 11 heteroatoms. The lowest BCUT2D eigenvalue weighted by atomic mass is 9.94. The fourth-order valence-corrected chi connectivity index (χ4v) is 8.41. The van der Waals surface area contributed by atoms with Crippen LogP contribution in [0.15, 0.2) is 53.3 Å². The number of aromatic nitrogens is 1. The van der Waals surface area contributed by atoms with E-state index in [1.165, 1.54) is 6.92 Å². The highest BCUT2D eigenvalue weighted by atomic mass is 32.1. The van der Waals surface area contributed by atoms with Gasteiger partial charge in [0.25, 0.3) is 0 Å². The van der Waals surface area contributed by atoms with E-state index in [1.54, 1.807) is 44.8 Å². The molecule has 1 aliphatic carbocycles. The lowest BCUT2D eigenvalue weighted by Crippen LogP contribution is -2.49. The van der Waals surface area contributed by atoms with Gasteiger partial charge in [0.15, 0.2) is 11.5 Å². The van der Waals surface area contributed by atoms with E-state index in [0.717, 1.165) is 51.2 Å². The molecule has 0 bridgehead atoms. The second-order valence-electron chi connectivity index (χ2n) is 13.2. The largest absolute Gasteiger partial charge is 0.493 e. The molecule has 1 fully saturated rings. The van der Waals surface area contributed by atoms with Crippen molar-refractivity contribution in [1.82, 2.24) is 15.2 Å². The third-order valence-corrected chi connectivity index (χ3v) is 11.3. The number of methoxy groups -OCH3 is 3. The summed E-state index contributed by atoms with van der Waals surface area (Å²) in [6.45, 7) is 6.83. The van der Waals surface area contributed by atoms with E-state index >= 15 is 0 Å². The molecule has 264 valence electrons. The Kier molecular flexibility index (Phi) is 10.6. The third-order valence-electron chi connectivity index (χ3n) is 10.1. The van der Waals surface area contributed by atoms with Crippen molar-refractivity contribution in [2.24, 2.45) is 5.92 Å². The molecule has 1 saturated heterocycles. The standard InChI is InChI=1S/C39H46N4O6S/c1-7-22(2)35(39(46)43-18-10-11-25(21-43)38-42-30-12-8-9-13-33(30)50-38)41-29-17-15-26-27(20-31(29)45)28(40-23(3)44)16-14-24-19-32(47-4)36(48-5)37(49-6)34(24)26/h8-9,12-13,15,17,19-20,22,25,28,35H,7,10-11,14,16,18,21H2,1-6H3,(H,40,44)(H,41,45). The van der Waals surface area contributed by atoms with E-state index < -0.39 is 12.1 Å². The molecule has 4 aromatic rings. The van der Waals surface area contributed by atoms with E-state index in [9.17, 15) is 14.4 Å². The number of hydrogen-bond acceptors (Lipinski definition) is 9. The smallest absolute Gasteiger partial charge is 0.245 e. The number of carbonyl (C=O) groups is 2. The summed E-state index contributed by atoms with van der Waals surface area (Å²) < 4.78 is 18.5. The van der Waals surface area contributed by atoms with Gasteiger partial charge in [-0.15, -0.1) is 11.3 Å². The summed E-state index contributed by atoms with van der Waals surface area (Å²) in [5.74, 6) is 1.38. The van der Waals surface area contributed by atoms with E-state index in [-0.39, 0.29) is 29.1 Å². The molecule has 1 aliphatic heterocycles. The fraction of sp³-hybridized carbons (Fsp3) is 0.436. The Hall–Kier alpha value is -4.64. The first-order valence-corrected chi connectivity index (χ1v) is 18.2. The van der Waals surface area contributed by atoms with Gasteiger partial charge in [-0.2, -0.15) is 0 Å². The molecule has 1 aromatic heterocycles. The van der Waals surface area contributed by atoms with Crippen molar-refractivity contribution in [3.05, 3.63) is 74.9 Å². The summed E-state index contributed by atoms with van der Waals surface area (Å²) in [6, 6.07) is 14.3. The molecular formula is C39H46N4O6S. The average Bonchev–Trinajstić information content (AvgIpc) is 3.44. The van der Waals surface area contributed by atoms with Crippen LogP contribution in [0.2, 0.25) is 0 Å². The van der Waals surface area contributed by atoms with Crippen LogP contribution in [-0.2, 0) is 16.0 Å². The molecule has 4 unspecified atom stereocenters. The van der Waals surface area contributed by atoms with Gasteiger partial charge in [0.2, 0.25) is 23.0 Å². The van der Waals surface area contributed by atoms with Crippen molar-refractivity contribution in [1.29, 1.82) is 0 Å². The molecule has 50 heavy (non-hydrogen) atoms. The van der Waals surface area contributed by atoms with Crippen molar-refractivity contribution in [3.8, 4) is 28.4 Å². The van der Waals surface area contributed by atoms with Crippen LogP contribution in [0, 0.1) is 5.92 Å². The number of amides is 2. The Balaban J connectivity index is 1.37. The predicted octanol–water partition coefficient (Wildman–Crippen LogP) is 6.71. The van der Waals surface area contributed by atoms with Crippen LogP contribution in [-0.4, -0.2) is 62.2 Å².